The lowest BCUT2D eigenvalue weighted by molar-refractivity contribution is -0.229. The molecule has 92 valence electrons. The van der Waals surface area contributed by atoms with Crippen LogP contribution in [0.25, 0.3) is 0 Å². The van der Waals surface area contributed by atoms with Crippen molar-refractivity contribution in [3.63, 3.8) is 0 Å². The highest BCUT2D eigenvalue weighted by Crippen LogP contribution is 2.51. The Morgan fingerprint density at radius 3 is 0.933 bits per heavy atom. The van der Waals surface area contributed by atoms with Crippen LogP contribution in [0.1, 0.15) is 0 Å². The number of hydrogen-bond donors (Lipinski definition) is 0. The summed E-state index contributed by atoms with van der Waals surface area (Å²) in [6, 6.07) is 0. The Bertz CT molecular complexity index is 208. The van der Waals surface area contributed by atoms with Gasteiger partial charge in [0.15, 0.2) is 0 Å². The van der Waals surface area contributed by atoms with Crippen LogP contribution in [-0.4, -0.2) is 19.8 Å². The molecule has 0 N–H and O–H groups in total. The van der Waals surface area contributed by atoms with Gasteiger partial charge in [-0.15, -0.1) is 0 Å². The second-order valence-corrected chi connectivity index (χ2v) is 5.57. The molecule has 0 aliphatic rings. The van der Waals surface area contributed by atoms with Gasteiger partial charge in [-0.2, -0.15) is 17.6 Å². The minimum absolute atomic E-state index is 3.27. The summed E-state index contributed by atoms with van der Waals surface area (Å²) < 4.78 is 46.4. The van der Waals surface area contributed by atoms with Crippen LogP contribution in [-0.2, 0) is 4.74 Å². The summed E-state index contributed by atoms with van der Waals surface area (Å²) in [7, 11) is 0. The van der Waals surface area contributed by atoms with E-state index in [-0.39, 0.29) is 0 Å². The molecule has 0 aromatic heterocycles. The van der Waals surface area contributed by atoms with Crippen molar-refractivity contribution in [2.24, 2.45) is 0 Å². The van der Waals surface area contributed by atoms with Crippen molar-refractivity contribution >= 4 is 69.6 Å². The summed E-state index contributed by atoms with van der Waals surface area (Å²) in [6.45, 7) is 0. The maximum Gasteiger partial charge on any atom is 0.353 e. The van der Waals surface area contributed by atoms with E-state index in [0.29, 0.717) is 0 Å². The summed E-state index contributed by atoms with van der Waals surface area (Å²) in [6.07, 6.45) is 0. The molecule has 0 fully saturated rings. The first kappa shape index (κ1) is 16.4. The van der Waals surface area contributed by atoms with Gasteiger partial charge in [-0.05, 0) is 23.2 Å². The Morgan fingerprint density at radius 1 is 0.600 bits per heavy atom. The molecule has 0 amide bonds. The summed E-state index contributed by atoms with van der Waals surface area (Å²) in [4.78, 5) is 0. The van der Waals surface area contributed by atoms with Gasteiger partial charge in [0.25, 0.3) is 0 Å². The molecule has 11 heteroatoms. The molecule has 1 nitrogen and oxygen atoms in total. The zero-order chi connectivity index (χ0) is 12.7. The third kappa shape index (κ3) is 4.30. The second kappa shape index (κ2) is 4.59. The highest BCUT2D eigenvalue weighted by molar-refractivity contribution is 6.52. The molecule has 0 radical (unpaired) electrons. The lowest BCUT2D eigenvalue weighted by Crippen LogP contribution is -2.47. The van der Waals surface area contributed by atoms with E-state index in [2.05, 4.69) is 74.3 Å². The minimum atomic E-state index is -4.20. The summed E-state index contributed by atoms with van der Waals surface area (Å²) in [5.74, 6) is 0. The fraction of sp³-hybridized carbons (Fsp3) is 1.00. The molecular formula is C4Cl6F4O. The first-order valence-corrected chi connectivity index (χ1v) is 5.07. The zero-order valence-electron chi connectivity index (χ0n) is 6.19. The standard InChI is InChI=1S/C4Cl6F4O/c5-1(6,11)3(9,13)15-4(10,14)2(7,8)12. The van der Waals surface area contributed by atoms with Crippen LogP contribution in [0.5, 0.6) is 0 Å². The Labute approximate surface area is 111 Å². The molecule has 0 aliphatic heterocycles. The third-order valence-corrected chi connectivity index (χ3v) is 2.95. The third-order valence-electron chi connectivity index (χ3n) is 0.916. The molecule has 2 unspecified atom stereocenters. The van der Waals surface area contributed by atoms with Crippen molar-refractivity contribution in [1.29, 1.82) is 0 Å². The lowest BCUT2D eigenvalue weighted by Gasteiger charge is -2.31. The van der Waals surface area contributed by atoms with Gasteiger partial charge in [0.1, 0.15) is 0 Å². The molecule has 15 heavy (non-hydrogen) atoms. The predicted octanol–water partition coefficient (Wildman–Crippen LogP) is 4.93. The second-order valence-electron chi connectivity index (χ2n) is 2.13. The number of ether oxygens (including phenoxy) is 1. The fourth-order valence-corrected chi connectivity index (χ4v) is 0.683. The van der Waals surface area contributed by atoms with E-state index >= 15 is 0 Å². The Hall–Kier alpha value is 1.42. The molecular weight excluding hydrogens is 353 g/mol. The van der Waals surface area contributed by atoms with Crippen LogP contribution < -0.4 is 0 Å². The SMILES string of the molecule is FC(Cl)(Cl)C(F)(Cl)OC(F)(Cl)C(F)(Cl)Cl. The molecule has 0 bridgehead atoms. The van der Waals surface area contributed by atoms with Crippen LogP contribution in [0.2, 0.25) is 0 Å². The predicted molar refractivity (Wildman–Crippen MR) is 51.6 cm³/mol. The van der Waals surface area contributed by atoms with Crippen molar-refractivity contribution in [3.8, 4) is 0 Å². The molecule has 0 aromatic carbocycles. The number of hydrogen-bond acceptors (Lipinski definition) is 1. The van der Waals surface area contributed by atoms with Crippen molar-refractivity contribution in [1.82, 2.24) is 0 Å². The first-order chi connectivity index (χ1) is 6.21. The molecule has 0 rings (SSSR count). The van der Waals surface area contributed by atoms with E-state index in [1.165, 1.54) is 0 Å². The molecule has 0 saturated carbocycles. The van der Waals surface area contributed by atoms with Crippen molar-refractivity contribution < 1.29 is 22.3 Å². The van der Waals surface area contributed by atoms with E-state index in [4.69, 9.17) is 0 Å². The van der Waals surface area contributed by atoms with E-state index in [1.807, 2.05) is 0 Å². The average molecular weight is 353 g/mol. The molecule has 2 atom stereocenters. The van der Waals surface area contributed by atoms with Crippen LogP contribution in [0.15, 0.2) is 0 Å². The maximum atomic E-state index is 12.9. The van der Waals surface area contributed by atoms with Crippen LogP contribution in [0.3, 0.4) is 0 Å². The fourth-order valence-electron chi connectivity index (χ4n) is 0.277. The summed E-state index contributed by atoms with van der Waals surface area (Å²) >= 11 is 27.2. The summed E-state index contributed by atoms with van der Waals surface area (Å²) in [5.41, 5.74) is 0. The van der Waals surface area contributed by atoms with E-state index < -0.39 is 19.8 Å². The number of alkyl halides is 10. The first-order valence-electron chi connectivity index (χ1n) is 2.80. The summed E-state index contributed by atoms with van der Waals surface area (Å²) in [5, 5.41) is -8.40. The van der Waals surface area contributed by atoms with E-state index in [1.54, 1.807) is 0 Å². The van der Waals surface area contributed by atoms with Gasteiger partial charge in [0.2, 0.25) is 0 Å². The van der Waals surface area contributed by atoms with Crippen LogP contribution >= 0.6 is 69.6 Å². The molecule has 0 heterocycles. The topological polar surface area (TPSA) is 9.23 Å². The Kier molecular flexibility index (Phi) is 5.03. The van der Waals surface area contributed by atoms with Crippen molar-refractivity contribution in [2.75, 3.05) is 0 Å². The molecule has 0 aromatic rings. The molecule has 0 spiro atoms. The van der Waals surface area contributed by atoms with Crippen LogP contribution in [0, 0.1) is 0 Å². The number of rotatable bonds is 4. The Balaban J connectivity index is 4.89. The van der Waals surface area contributed by atoms with E-state index in [9.17, 15) is 17.6 Å². The lowest BCUT2D eigenvalue weighted by atomic mass is 10.6. The Morgan fingerprint density at radius 2 is 0.800 bits per heavy atom. The van der Waals surface area contributed by atoms with Gasteiger partial charge in [0.05, 0.1) is 0 Å². The quantitative estimate of drug-likeness (QED) is 0.515. The van der Waals surface area contributed by atoms with Gasteiger partial charge in [-0.25, -0.2) is 0 Å². The molecule has 0 saturated heterocycles. The monoisotopic (exact) mass is 350 g/mol. The van der Waals surface area contributed by atoms with Gasteiger partial charge in [-0.3, -0.25) is 4.74 Å². The zero-order valence-corrected chi connectivity index (χ0v) is 10.7. The normalized spacial score (nSPS) is 22.0. The van der Waals surface area contributed by atoms with Crippen LogP contribution in [0.4, 0.5) is 17.6 Å². The number of halogens is 10. The largest absolute Gasteiger partial charge is 0.353 e. The maximum absolute atomic E-state index is 12.9. The average Bonchev–Trinajstić information content (AvgIpc) is 1.77. The molecule has 0 aliphatic carbocycles. The van der Waals surface area contributed by atoms with Gasteiger partial charge >= 0.3 is 19.8 Å². The minimum Gasteiger partial charge on any atom is -0.274 e. The van der Waals surface area contributed by atoms with E-state index in [0.717, 1.165) is 0 Å². The van der Waals surface area contributed by atoms with Gasteiger partial charge in [0, 0.05) is 0 Å². The van der Waals surface area contributed by atoms with Gasteiger partial charge < -0.3 is 0 Å². The highest BCUT2D eigenvalue weighted by Gasteiger charge is 2.63. The smallest absolute Gasteiger partial charge is 0.274 e. The van der Waals surface area contributed by atoms with Gasteiger partial charge in [-0.1, -0.05) is 46.4 Å². The highest BCUT2D eigenvalue weighted by atomic mass is 35.5. The van der Waals surface area contributed by atoms with Crippen molar-refractivity contribution in [2.45, 2.75) is 19.8 Å². The van der Waals surface area contributed by atoms with Crippen molar-refractivity contribution in [3.05, 3.63) is 0 Å².